The summed E-state index contributed by atoms with van der Waals surface area (Å²) in [5, 5.41) is 5.63. The first kappa shape index (κ1) is 19.6. The standard InChI is InChI=1S/C19H24N4O3.ClH/c1-22-16-9-12(3-2-4-13-10-20-11-13)5-6-14(16)23(19(22)26)15-7-8-17(24)21-18(15)25;/h5-6,9,13,15,20H,2-4,7-8,10-11H2,1H3,(H,21,24,25);1H. The first-order chi connectivity index (χ1) is 12.5. The van der Waals surface area contributed by atoms with E-state index >= 15 is 0 Å². The van der Waals surface area contributed by atoms with E-state index in [1.807, 2.05) is 12.1 Å². The van der Waals surface area contributed by atoms with Crippen LogP contribution in [-0.4, -0.2) is 34.0 Å². The molecular formula is C19H25ClN4O3. The van der Waals surface area contributed by atoms with Gasteiger partial charge in [0, 0.05) is 13.5 Å². The number of aryl methyl sites for hydroxylation is 2. The number of nitrogens with zero attached hydrogens (tertiary/aromatic N) is 2. The lowest BCUT2D eigenvalue weighted by Crippen LogP contribution is -2.44. The van der Waals surface area contributed by atoms with Crippen LogP contribution in [0.4, 0.5) is 0 Å². The fourth-order valence-corrected chi connectivity index (χ4v) is 3.94. The highest BCUT2D eigenvalue weighted by atomic mass is 35.5. The maximum Gasteiger partial charge on any atom is 0.329 e. The Kier molecular flexibility index (Phi) is 5.72. The molecule has 0 bridgehead atoms. The number of imidazole rings is 1. The van der Waals surface area contributed by atoms with Crippen LogP contribution >= 0.6 is 12.4 Å². The number of hydrogen-bond donors (Lipinski definition) is 2. The summed E-state index contributed by atoms with van der Waals surface area (Å²) < 4.78 is 3.12. The van der Waals surface area contributed by atoms with Crippen molar-refractivity contribution >= 4 is 35.3 Å². The average Bonchev–Trinajstić information content (AvgIpc) is 2.82. The third-order valence-electron chi connectivity index (χ3n) is 5.62. The van der Waals surface area contributed by atoms with Gasteiger partial charge in [0.05, 0.1) is 11.0 Å². The van der Waals surface area contributed by atoms with Gasteiger partial charge in [0.15, 0.2) is 0 Å². The van der Waals surface area contributed by atoms with Crippen LogP contribution in [-0.2, 0) is 23.1 Å². The molecular weight excluding hydrogens is 368 g/mol. The van der Waals surface area contributed by atoms with Crippen LogP contribution in [0, 0.1) is 5.92 Å². The van der Waals surface area contributed by atoms with Gasteiger partial charge in [0.25, 0.3) is 0 Å². The molecule has 27 heavy (non-hydrogen) atoms. The molecule has 1 atom stereocenters. The number of hydrogen-bond acceptors (Lipinski definition) is 4. The van der Waals surface area contributed by atoms with Crippen molar-refractivity contribution < 1.29 is 9.59 Å². The molecule has 2 amide bonds. The van der Waals surface area contributed by atoms with E-state index in [9.17, 15) is 14.4 Å². The van der Waals surface area contributed by atoms with E-state index in [4.69, 9.17) is 0 Å². The molecule has 2 aromatic rings. The SMILES string of the molecule is Cl.Cn1c(=O)n(C2CCC(=O)NC2=O)c2ccc(CCCC3CNC3)cc21. The van der Waals surface area contributed by atoms with Gasteiger partial charge in [0.2, 0.25) is 11.8 Å². The third kappa shape index (κ3) is 3.66. The molecule has 7 nitrogen and oxygen atoms in total. The summed E-state index contributed by atoms with van der Waals surface area (Å²) >= 11 is 0. The molecule has 0 spiro atoms. The maximum absolute atomic E-state index is 12.7. The molecule has 2 saturated heterocycles. The summed E-state index contributed by atoms with van der Waals surface area (Å²) in [7, 11) is 1.73. The predicted octanol–water partition coefficient (Wildman–Crippen LogP) is 1.28. The Labute approximate surface area is 163 Å². The van der Waals surface area contributed by atoms with Crippen molar-refractivity contribution in [1.82, 2.24) is 19.8 Å². The van der Waals surface area contributed by atoms with Gasteiger partial charge in [-0.05, 0) is 62.4 Å². The van der Waals surface area contributed by atoms with Crippen molar-refractivity contribution in [3.8, 4) is 0 Å². The highest BCUT2D eigenvalue weighted by Crippen LogP contribution is 2.24. The number of piperidine rings is 1. The molecule has 1 unspecified atom stereocenters. The number of amides is 2. The van der Waals surface area contributed by atoms with Crippen LogP contribution in [0.3, 0.4) is 0 Å². The van der Waals surface area contributed by atoms with Gasteiger partial charge in [-0.3, -0.25) is 24.0 Å². The van der Waals surface area contributed by atoms with Crippen molar-refractivity contribution in [3.63, 3.8) is 0 Å². The zero-order valence-electron chi connectivity index (χ0n) is 15.4. The zero-order valence-corrected chi connectivity index (χ0v) is 16.2. The fraction of sp³-hybridized carbons (Fsp3) is 0.526. The Morgan fingerprint density at radius 1 is 1.15 bits per heavy atom. The molecule has 2 N–H and O–H groups in total. The second-order valence-corrected chi connectivity index (χ2v) is 7.42. The lowest BCUT2D eigenvalue weighted by Gasteiger charge is -2.26. The van der Waals surface area contributed by atoms with E-state index < -0.39 is 11.9 Å². The summed E-state index contributed by atoms with van der Waals surface area (Å²) in [6, 6.07) is 5.41. The second kappa shape index (κ2) is 7.86. The van der Waals surface area contributed by atoms with Crippen LogP contribution in [0.15, 0.2) is 23.0 Å². The molecule has 3 heterocycles. The van der Waals surface area contributed by atoms with Gasteiger partial charge in [-0.15, -0.1) is 12.4 Å². The maximum atomic E-state index is 12.7. The topological polar surface area (TPSA) is 85.1 Å². The minimum absolute atomic E-state index is 0. The van der Waals surface area contributed by atoms with Gasteiger partial charge in [0.1, 0.15) is 6.04 Å². The number of imide groups is 1. The molecule has 8 heteroatoms. The van der Waals surface area contributed by atoms with Crippen LogP contribution in [0.2, 0.25) is 0 Å². The van der Waals surface area contributed by atoms with Crippen LogP contribution < -0.4 is 16.3 Å². The smallest absolute Gasteiger partial charge is 0.316 e. The van der Waals surface area contributed by atoms with Crippen molar-refractivity contribution in [2.75, 3.05) is 13.1 Å². The van der Waals surface area contributed by atoms with Gasteiger partial charge in [-0.2, -0.15) is 0 Å². The minimum Gasteiger partial charge on any atom is -0.316 e. The van der Waals surface area contributed by atoms with E-state index in [1.54, 1.807) is 11.6 Å². The lowest BCUT2D eigenvalue weighted by atomic mass is 9.95. The van der Waals surface area contributed by atoms with Gasteiger partial charge in [-0.25, -0.2) is 4.79 Å². The number of rotatable bonds is 5. The predicted molar refractivity (Wildman–Crippen MR) is 105 cm³/mol. The van der Waals surface area contributed by atoms with Gasteiger partial charge < -0.3 is 5.32 Å². The molecule has 1 aromatic carbocycles. The summed E-state index contributed by atoms with van der Waals surface area (Å²) in [5.41, 5.74) is 2.58. The van der Waals surface area contributed by atoms with Crippen LogP contribution in [0.5, 0.6) is 0 Å². The molecule has 2 aliphatic rings. The van der Waals surface area contributed by atoms with Gasteiger partial charge >= 0.3 is 5.69 Å². The Hall–Kier alpha value is -2.12. The molecule has 1 aromatic heterocycles. The van der Waals surface area contributed by atoms with E-state index in [-0.39, 0.29) is 30.4 Å². The van der Waals surface area contributed by atoms with E-state index in [0.29, 0.717) is 6.42 Å². The number of fused-ring (bicyclic) bond motifs is 1. The van der Waals surface area contributed by atoms with E-state index in [2.05, 4.69) is 16.7 Å². The van der Waals surface area contributed by atoms with Gasteiger partial charge in [-0.1, -0.05) is 6.07 Å². The molecule has 2 fully saturated rings. The molecule has 4 rings (SSSR count). The zero-order chi connectivity index (χ0) is 18.3. The summed E-state index contributed by atoms with van der Waals surface area (Å²) in [4.78, 5) is 36.3. The van der Waals surface area contributed by atoms with Crippen molar-refractivity contribution in [3.05, 3.63) is 34.2 Å². The summed E-state index contributed by atoms with van der Waals surface area (Å²) in [6.45, 7) is 2.25. The lowest BCUT2D eigenvalue weighted by molar-refractivity contribution is -0.135. The number of halogens is 1. The molecule has 146 valence electrons. The molecule has 0 radical (unpaired) electrons. The average molecular weight is 393 g/mol. The van der Waals surface area contributed by atoms with E-state index in [1.165, 1.54) is 16.6 Å². The fourth-order valence-electron chi connectivity index (χ4n) is 3.94. The van der Waals surface area contributed by atoms with Crippen molar-refractivity contribution in [1.29, 1.82) is 0 Å². The molecule has 0 aliphatic carbocycles. The highest BCUT2D eigenvalue weighted by molar-refractivity contribution is 6.00. The summed E-state index contributed by atoms with van der Waals surface area (Å²) in [6.07, 6.45) is 3.97. The Morgan fingerprint density at radius 2 is 1.93 bits per heavy atom. The van der Waals surface area contributed by atoms with Crippen LogP contribution in [0.1, 0.15) is 37.3 Å². The van der Waals surface area contributed by atoms with E-state index in [0.717, 1.165) is 42.9 Å². The third-order valence-corrected chi connectivity index (χ3v) is 5.62. The first-order valence-electron chi connectivity index (χ1n) is 9.29. The number of carbonyl (C=O) groups is 2. The summed E-state index contributed by atoms with van der Waals surface area (Å²) in [5.74, 6) is 0.134. The second-order valence-electron chi connectivity index (χ2n) is 7.42. The number of benzene rings is 1. The minimum atomic E-state index is -0.624. The normalized spacial score (nSPS) is 20.3. The van der Waals surface area contributed by atoms with Crippen LogP contribution in [0.25, 0.3) is 11.0 Å². The Bertz CT molecular complexity index is 929. The monoisotopic (exact) mass is 392 g/mol. The Morgan fingerprint density at radius 3 is 2.59 bits per heavy atom. The van der Waals surface area contributed by atoms with Crippen molar-refractivity contribution in [2.24, 2.45) is 13.0 Å². The number of carbonyl (C=O) groups excluding carboxylic acids is 2. The Balaban J connectivity index is 0.00000210. The highest BCUT2D eigenvalue weighted by Gasteiger charge is 2.31. The number of aromatic nitrogens is 2. The first-order valence-corrected chi connectivity index (χ1v) is 9.29. The molecule has 0 saturated carbocycles. The molecule has 2 aliphatic heterocycles. The largest absolute Gasteiger partial charge is 0.329 e. The van der Waals surface area contributed by atoms with Crippen molar-refractivity contribution in [2.45, 2.75) is 38.1 Å². The number of nitrogens with one attached hydrogen (secondary N) is 2. The quantitative estimate of drug-likeness (QED) is 0.751.